The second-order valence-electron chi connectivity index (χ2n) is 13.9. The topological polar surface area (TPSA) is 17.0 Å². The molecule has 1 aliphatic heterocycles. The van der Waals surface area contributed by atoms with Crippen LogP contribution in [-0.2, 0) is 19.4 Å². The van der Waals surface area contributed by atoms with Crippen LogP contribution in [0.15, 0.2) is 121 Å². The molecule has 50 heavy (non-hydrogen) atoms. The number of allylic oxidation sites excluding steroid dienone is 2. The van der Waals surface area contributed by atoms with E-state index in [1.807, 2.05) is 11.3 Å². The molecule has 8 aromatic rings. The van der Waals surface area contributed by atoms with Gasteiger partial charge < -0.3 is 5.32 Å². The zero-order chi connectivity index (χ0) is 32.8. The van der Waals surface area contributed by atoms with E-state index in [1.165, 1.54) is 103 Å². The van der Waals surface area contributed by atoms with E-state index >= 15 is 0 Å². The highest BCUT2D eigenvalue weighted by Gasteiger charge is 2.24. The maximum absolute atomic E-state index is 3.80. The first kappa shape index (κ1) is 28.2. The molecule has 0 spiro atoms. The number of hydrogen-bond acceptors (Lipinski definition) is 2. The minimum absolute atomic E-state index is 0.849. The number of nitrogens with zero attached hydrogens (tertiary/aromatic N) is 1. The number of fused-ring (bicyclic) bond motifs is 12. The molecule has 0 saturated heterocycles. The molecule has 0 amide bonds. The van der Waals surface area contributed by atoms with Gasteiger partial charge in [-0.05, 0) is 111 Å². The van der Waals surface area contributed by atoms with Gasteiger partial charge in [-0.1, -0.05) is 109 Å². The highest BCUT2D eigenvalue weighted by atomic mass is 32.1. The van der Waals surface area contributed by atoms with Gasteiger partial charge in [-0.25, -0.2) is 0 Å². The molecular weight excluding hydrogens is 625 g/mol. The van der Waals surface area contributed by atoms with Crippen molar-refractivity contribution >= 4 is 83.5 Å². The van der Waals surface area contributed by atoms with Crippen LogP contribution in [-0.4, -0.2) is 4.57 Å². The Hall–Kier alpha value is -5.64. The van der Waals surface area contributed by atoms with Gasteiger partial charge in [-0.15, -0.1) is 11.3 Å². The molecule has 3 heteroatoms. The maximum atomic E-state index is 3.80. The third-order valence-corrected chi connectivity index (χ3v) is 12.4. The van der Waals surface area contributed by atoms with Crippen LogP contribution >= 0.6 is 11.3 Å². The Balaban J connectivity index is 1.01. The van der Waals surface area contributed by atoms with E-state index in [4.69, 9.17) is 0 Å². The summed E-state index contributed by atoms with van der Waals surface area (Å²) >= 11 is 1.92. The molecule has 1 N–H and O–H groups in total. The summed E-state index contributed by atoms with van der Waals surface area (Å²) < 4.78 is 3.83. The Morgan fingerprint density at radius 3 is 2.22 bits per heavy atom. The summed E-state index contributed by atoms with van der Waals surface area (Å²) in [4.78, 5) is 1.41. The lowest BCUT2D eigenvalue weighted by atomic mass is 9.82. The average Bonchev–Trinajstić information content (AvgIpc) is 3.73. The quantitative estimate of drug-likeness (QED) is 0.187. The lowest BCUT2D eigenvalue weighted by Gasteiger charge is -2.22. The molecule has 0 atom stereocenters. The third-order valence-electron chi connectivity index (χ3n) is 11.2. The zero-order valence-electron chi connectivity index (χ0n) is 27.7. The second kappa shape index (κ2) is 10.9. The summed E-state index contributed by atoms with van der Waals surface area (Å²) in [6, 6.07) is 43.0. The molecule has 3 heterocycles. The number of aryl methyl sites for hydroxylation is 1. The first-order valence-electron chi connectivity index (χ1n) is 17.8. The van der Waals surface area contributed by atoms with Gasteiger partial charge in [0.15, 0.2) is 0 Å². The Morgan fingerprint density at radius 2 is 1.32 bits per heavy atom. The number of rotatable bonds is 3. The van der Waals surface area contributed by atoms with Crippen molar-refractivity contribution in [1.82, 2.24) is 9.88 Å². The molecule has 0 fully saturated rings. The minimum atomic E-state index is 0.849. The molecule has 2 aromatic heterocycles. The summed E-state index contributed by atoms with van der Waals surface area (Å²) in [6.07, 6.45) is 13.8. The fourth-order valence-corrected chi connectivity index (χ4v) is 10.00. The molecule has 11 rings (SSSR count). The Kier molecular flexibility index (Phi) is 6.17. The van der Waals surface area contributed by atoms with E-state index in [9.17, 15) is 0 Å². The number of thiophene rings is 1. The van der Waals surface area contributed by atoms with Crippen LogP contribution in [0.5, 0.6) is 0 Å². The molecule has 0 bridgehead atoms. The predicted molar refractivity (Wildman–Crippen MR) is 215 cm³/mol. The number of benzene rings is 6. The molecular formula is C47H34N2S. The van der Waals surface area contributed by atoms with Crippen LogP contribution < -0.4 is 5.32 Å². The maximum Gasteiger partial charge on any atom is 0.111 e. The van der Waals surface area contributed by atoms with Crippen LogP contribution in [0.1, 0.15) is 51.2 Å². The van der Waals surface area contributed by atoms with Gasteiger partial charge in [-0.3, -0.25) is 4.57 Å². The van der Waals surface area contributed by atoms with Crippen molar-refractivity contribution in [2.24, 2.45) is 0 Å². The lowest BCUT2D eigenvalue weighted by Crippen LogP contribution is -2.21. The van der Waals surface area contributed by atoms with Crippen molar-refractivity contribution in [2.45, 2.75) is 32.2 Å². The second-order valence-corrected chi connectivity index (χ2v) is 15.1. The lowest BCUT2D eigenvalue weighted by molar-refractivity contribution is 0.805. The first-order chi connectivity index (χ1) is 24.8. The van der Waals surface area contributed by atoms with Crippen LogP contribution in [0.25, 0.3) is 83.3 Å². The standard InChI is InChI=1S/C47H34N2S/c1-2-14-35-33(12-1)34-13-3-4-15-36(34)40-25-31(20-22-37(35)40)29-10-9-11-30(24-29)32-21-23-45-41(26-32)42-27-47(48-28-46(42)50-45)49-43-18-7-5-16-38(43)39-17-6-8-19-44(39)49/h1-7,9-18,21,23-27,48H,8,19-20,22,28H2. The number of para-hydroxylation sites is 1. The van der Waals surface area contributed by atoms with Crippen LogP contribution in [0.4, 0.5) is 0 Å². The molecule has 2 aliphatic carbocycles. The normalized spacial score (nSPS) is 15.1. The van der Waals surface area contributed by atoms with E-state index in [-0.39, 0.29) is 0 Å². The van der Waals surface area contributed by atoms with Gasteiger partial charge in [-0.2, -0.15) is 0 Å². The fourth-order valence-electron chi connectivity index (χ4n) is 8.89. The largest absolute Gasteiger partial charge is 0.366 e. The zero-order valence-corrected chi connectivity index (χ0v) is 28.5. The summed E-state index contributed by atoms with van der Waals surface area (Å²) in [5.41, 5.74) is 13.6. The molecule has 0 radical (unpaired) electrons. The molecule has 3 aliphatic rings. The van der Waals surface area contributed by atoms with Crippen molar-refractivity contribution in [3.05, 3.63) is 160 Å². The number of hydrogen-bond donors (Lipinski definition) is 1. The van der Waals surface area contributed by atoms with E-state index < -0.39 is 0 Å². The minimum Gasteiger partial charge on any atom is -0.366 e. The van der Waals surface area contributed by atoms with Crippen molar-refractivity contribution < 1.29 is 0 Å². The Morgan fingerprint density at radius 1 is 0.560 bits per heavy atom. The highest BCUT2D eigenvalue weighted by molar-refractivity contribution is 7.19. The molecule has 0 unspecified atom stereocenters. The van der Waals surface area contributed by atoms with Crippen molar-refractivity contribution in [1.29, 1.82) is 0 Å². The molecule has 6 aromatic carbocycles. The average molecular weight is 659 g/mol. The Labute approximate surface area is 295 Å². The number of nitrogens with one attached hydrogen (secondary N) is 1. The third kappa shape index (κ3) is 4.20. The number of aromatic nitrogens is 1. The van der Waals surface area contributed by atoms with Crippen molar-refractivity contribution in [3.63, 3.8) is 0 Å². The van der Waals surface area contributed by atoms with E-state index in [2.05, 4.69) is 149 Å². The van der Waals surface area contributed by atoms with Crippen molar-refractivity contribution in [3.8, 4) is 11.1 Å². The summed E-state index contributed by atoms with van der Waals surface area (Å²) in [6.45, 7) is 0.849. The van der Waals surface area contributed by atoms with Gasteiger partial charge in [0, 0.05) is 37.2 Å². The predicted octanol–water partition coefficient (Wildman–Crippen LogP) is 12.3. The molecule has 238 valence electrons. The van der Waals surface area contributed by atoms with Gasteiger partial charge in [0.05, 0.1) is 12.1 Å². The van der Waals surface area contributed by atoms with Crippen LogP contribution in [0, 0.1) is 0 Å². The fraction of sp³-hybridized carbons (Fsp3) is 0.106. The van der Waals surface area contributed by atoms with Gasteiger partial charge in [0.25, 0.3) is 0 Å². The summed E-state index contributed by atoms with van der Waals surface area (Å²) in [5, 5.41) is 11.9. The van der Waals surface area contributed by atoms with Crippen molar-refractivity contribution in [2.75, 3.05) is 0 Å². The van der Waals surface area contributed by atoms with E-state index in [0.717, 1.165) is 32.2 Å². The van der Waals surface area contributed by atoms with Crippen LogP contribution in [0.3, 0.4) is 0 Å². The smallest absolute Gasteiger partial charge is 0.111 e. The summed E-state index contributed by atoms with van der Waals surface area (Å²) in [5.74, 6) is 1.18. The summed E-state index contributed by atoms with van der Waals surface area (Å²) in [7, 11) is 0. The molecule has 2 nitrogen and oxygen atoms in total. The molecule has 0 saturated carbocycles. The van der Waals surface area contributed by atoms with E-state index in [1.54, 1.807) is 0 Å². The van der Waals surface area contributed by atoms with Gasteiger partial charge in [0.2, 0.25) is 0 Å². The Bertz CT molecular complexity index is 2820. The first-order valence-corrected chi connectivity index (χ1v) is 18.6. The monoisotopic (exact) mass is 658 g/mol. The van der Waals surface area contributed by atoms with Gasteiger partial charge >= 0.3 is 0 Å². The van der Waals surface area contributed by atoms with Gasteiger partial charge in [0.1, 0.15) is 5.82 Å². The van der Waals surface area contributed by atoms with E-state index in [0.29, 0.717) is 0 Å². The SMILES string of the molecule is C1=Cc2c(n(C3=Cc4c(sc5ccc(-c6cccc(C7=Cc8c(c9ccccc9c9ccccc89)CC7)c6)cc45)CN3)c3ccccc23)CC1. The van der Waals surface area contributed by atoms with Crippen LogP contribution in [0.2, 0.25) is 0 Å². The highest BCUT2D eigenvalue weighted by Crippen LogP contribution is 2.43.